The van der Waals surface area contributed by atoms with E-state index in [1.165, 1.54) is 0 Å². The minimum atomic E-state index is 0.106. The van der Waals surface area contributed by atoms with E-state index in [2.05, 4.69) is 5.48 Å². The average molecular weight is 125 g/mol. The van der Waals surface area contributed by atoms with Crippen LogP contribution in [0.1, 0.15) is 0 Å². The van der Waals surface area contributed by atoms with Crippen molar-refractivity contribution in [2.45, 2.75) is 6.10 Å². The van der Waals surface area contributed by atoms with Gasteiger partial charge >= 0.3 is 0 Å². The monoisotopic (exact) mass is 125 g/mol. The molecule has 2 aliphatic heterocycles. The molecule has 0 bridgehead atoms. The van der Waals surface area contributed by atoms with Crippen LogP contribution in [0.4, 0.5) is 0 Å². The van der Waals surface area contributed by atoms with Crippen LogP contribution in [0.25, 0.3) is 0 Å². The molecule has 1 atom stereocenters. The molecule has 9 heavy (non-hydrogen) atoms. The number of rotatable bonds is 0. The van der Waals surface area contributed by atoms with E-state index in [4.69, 9.17) is 9.57 Å². The van der Waals surface area contributed by atoms with Gasteiger partial charge in [0.2, 0.25) is 0 Å². The summed E-state index contributed by atoms with van der Waals surface area (Å²) in [4.78, 5) is 4.99. The first-order valence-corrected chi connectivity index (χ1v) is 2.89. The van der Waals surface area contributed by atoms with Gasteiger partial charge < -0.3 is 9.57 Å². The Morgan fingerprint density at radius 2 is 2.67 bits per heavy atom. The molecule has 2 rings (SSSR count). The van der Waals surface area contributed by atoms with Gasteiger partial charge in [0, 0.05) is 0 Å². The quantitative estimate of drug-likeness (QED) is 0.505. The fraction of sp³-hybridized carbons (Fsp3) is 0.333. The molecule has 48 valence electrons. The molecule has 0 radical (unpaired) electrons. The Bertz CT molecular complexity index is 174. The lowest BCUT2D eigenvalue weighted by Crippen LogP contribution is -2.15. The van der Waals surface area contributed by atoms with Crippen LogP contribution in [0.2, 0.25) is 0 Å². The van der Waals surface area contributed by atoms with Crippen LogP contribution in [0.5, 0.6) is 0 Å². The summed E-state index contributed by atoms with van der Waals surface area (Å²) < 4.78 is 5.17. The van der Waals surface area contributed by atoms with Crippen molar-refractivity contribution in [3.8, 4) is 0 Å². The van der Waals surface area contributed by atoms with Crippen LogP contribution in [0.3, 0.4) is 0 Å². The number of hydrogen-bond donors (Lipinski definition) is 1. The van der Waals surface area contributed by atoms with E-state index in [9.17, 15) is 0 Å². The third-order valence-corrected chi connectivity index (χ3v) is 1.36. The van der Waals surface area contributed by atoms with Crippen molar-refractivity contribution in [1.29, 1.82) is 0 Å². The lowest BCUT2D eigenvalue weighted by molar-refractivity contribution is 0.137. The third-order valence-electron chi connectivity index (χ3n) is 1.36. The topological polar surface area (TPSA) is 30.5 Å². The van der Waals surface area contributed by atoms with E-state index in [1.807, 2.05) is 12.2 Å². The summed E-state index contributed by atoms with van der Waals surface area (Å²) in [5, 5.41) is 0. The second-order valence-corrected chi connectivity index (χ2v) is 1.97. The third kappa shape index (κ3) is 0.695. The molecule has 1 N–H and O–H groups in total. The fourth-order valence-electron chi connectivity index (χ4n) is 0.898. The van der Waals surface area contributed by atoms with Crippen LogP contribution >= 0.6 is 0 Å². The average Bonchev–Trinajstić information content (AvgIpc) is 2.33. The summed E-state index contributed by atoms with van der Waals surface area (Å²) in [6, 6.07) is 0. The maximum atomic E-state index is 5.17. The first kappa shape index (κ1) is 4.88. The number of hydroxylamine groups is 1. The Kier molecular flexibility index (Phi) is 0.960. The molecule has 1 fully saturated rings. The summed E-state index contributed by atoms with van der Waals surface area (Å²) in [6.45, 7) is 0.746. The van der Waals surface area contributed by atoms with Gasteiger partial charge in [-0.2, -0.15) is 5.48 Å². The van der Waals surface area contributed by atoms with Crippen molar-refractivity contribution < 1.29 is 9.57 Å². The largest absolute Gasteiger partial charge is 0.489 e. The number of fused-ring (bicyclic) bond motifs is 1. The van der Waals surface area contributed by atoms with Crippen molar-refractivity contribution in [2.75, 3.05) is 6.54 Å². The molecule has 0 aromatic heterocycles. The van der Waals surface area contributed by atoms with Gasteiger partial charge in [0.15, 0.2) is 11.9 Å². The minimum absolute atomic E-state index is 0.106. The highest BCUT2D eigenvalue weighted by atomic mass is 16.7. The number of nitrogens with one attached hydrogen (secondary N) is 1. The molecule has 2 aliphatic rings. The van der Waals surface area contributed by atoms with Crippen LogP contribution in [0, 0.1) is 0 Å². The molecule has 0 spiro atoms. The normalized spacial score (nSPS) is 30.2. The van der Waals surface area contributed by atoms with Crippen LogP contribution in [-0.4, -0.2) is 12.6 Å². The summed E-state index contributed by atoms with van der Waals surface area (Å²) in [6.07, 6.45) is 5.49. The van der Waals surface area contributed by atoms with E-state index >= 15 is 0 Å². The molecular formula is C6H7NO2. The van der Waals surface area contributed by atoms with Crippen molar-refractivity contribution in [3.63, 3.8) is 0 Å². The number of allylic oxidation sites excluding steroid dienone is 2. The fourth-order valence-corrected chi connectivity index (χ4v) is 0.898. The highest BCUT2D eigenvalue weighted by molar-refractivity contribution is 5.16. The maximum Gasteiger partial charge on any atom is 0.173 e. The van der Waals surface area contributed by atoms with Crippen LogP contribution in [-0.2, 0) is 9.57 Å². The molecule has 2 heterocycles. The Morgan fingerprint density at radius 3 is 3.56 bits per heavy atom. The van der Waals surface area contributed by atoms with Crippen LogP contribution in [0.15, 0.2) is 24.2 Å². The summed E-state index contributed by atoms with van der Waals surface area (Å²) >= 11 is 0. The predicted molar refractivity (Wildman–Crippen MR) is 31.2 cm³/mol. The van der Waals surface area contributed by atoms with E-state index in [1.54, 1.807) is 6.26 Å². The Hall–Kier alpha value is -0.960. The Balaban J connectivity index is 2.23. The highest BCUT2D eigenvalue weighted by Gasteiger charge is 2.24. The molecular weight excluding hydrogens is 118 g/mol. The standard InChI is InChI=1S/C6H7NO2/c1-2-5-6(8-3-1)4-7-9-5/h1-3,6-7H,4H2. The molecule has 3 heteroatoms. The highest BCUT2D eigenvalue weighted by Crippen LogP contribution is 2.16. The van der Waals surface area contributed by atoms with E-state index < -0.39 is 0 Å². The molecule has 1 unspecified atom stereocenters. The lowest BCUT2D eigenvalue weighted by Gasteiger charge is -2.09. The Labute approximate surface area is 52.9 Å². The zero-order valence-corrected chi connectivity index (χ0v) is 4.83. The smallest absolute Gasteiger partial charge is 0.173 e. The van der Waals surface area contributed by atoms with Gasteiger partial charge in [-0.25, -0.2) is 0 Å². The summed E-state index contributed by atoms with van der Waals surface area (Å²) in [5.41, 5.74) is 2.73. The molecule has 0 amide bonds. The maximum absolute atomic E-state index is 5.17. The molecule has 1 saturated heterocycles. The Morgan fingerprint density at radius 1 is 1.67 bits per heavy atom. The zero-order chi connectivity index (χ0) is 6.10. The van der Waals surface area contributed by atoms with E-state index in [-0.39, 0.29) is 6.10 Å². The zero-order valence-electron chi connectivity index (χ0n) is 4.83. The van der Waals surface area contributed by atoms with Gasteiger partial charge in [0.25, 0.3) is 0 Å². The lowest BCUT2D eigenvalue weighted by atomic mass is 10.2. The van der Waals surface area contributed by atoms with E-state index in [0.717, 1.165) is 12.3 Å². The van der Waals surface area contributed by atoms with Crippen molar-refractivity contribution in [1.82, 2.24) is 5.48 Å². The van der Waals surface area contributed by atoms with Crippen molar-refractivity contribution in [2.24, 2.45) is 0 Å². The van der Waals surface area contributed by atoms with Gasteiger partial charge in [-0.05, 0) is 12.2 Å². The molecule has 0 aliphatic carbocycles. The minimum Gasteiger partial charge on any atom is -0.489 e. The first-order chi connectivity index (χ1) is 4.47. The molecule has 0 saturated carbocycles. The summed E-state index contributed by atoms with van der Waals surface area (Å²) in [7, 11) is 0. The van der Waals surface area contributed by atoms with Crippen molar-refractivity contribution in [3.05, 3.63) is 24.2 Å². The first-order valence-electron chi connectivity index (χ1n) is 2.89. The van der Waals surface area contributed by atoms with Gasteiger partial charge in [-0.15, -0.1) is 0 Å². The van der Waals surface area contributed by atoms with Crippen molar-refractivity contribution >= 4 is 0 Å². The van der Waals surface area contributed by atoms with Gasteiger partial charge in [0.1, 0.15) is 0 Å². The van der Waals surface area contributed by atoms with Gasteiger partial charge in [-0.1, -0.05) is 0 Å². The molecule has 0 aromatic rings. The van der Waals surface area contributed by atoms with Gasteiger partial charge in [-0.3, -0.25) is 0 Å². The SMILES string of the molecule is C1=COC2CNOC2=C1. The summed E-state index contributed by atoms with van der Waals surface area (Å²) in [5.74, 6) is 0.873. The van der Waals surface area contributed by atoms with Crippen LogP contribution < -0.4 is 5.48 Å². The number of ether oxygens (including phenoxy) is 1. The van der Waals surface area contributed by atoms with Gasteiger partial charge in [0.05, 0.1) is 12.8 Å². The second kappa shape index (κ2) is 1.77. The van der Waals surface area contributed by atoms with E-state index in [0.29, 0.717) is 0 Å². The molecule has 3 nitrogen and oxygen atoms in total. The predicted octanol–water partition coefficient (Wildman–Crippen LogP) is 0.318. The molecule has 0 aromatic carbocycles. The number of hydrogen-bond acceptors (Lipinski definition) is 3. The second-order valence-electron chi connectivity index (χ2n) is 1.97.